The number of benzene rings is 1. The fourth-order valence-electron chi connectivity index (χ4n) is 1.56. The number of rotatable bonds is 5. The second kappa shape index (κ2) is 5.89. The van der Waals surface area contributed by atoms with Crippen LogP contribution in [0.5, 0.6) is 5.75 Å². The molecule has 5 nitrogen and oxygen atoms in total. The lowest BCUT2D eigenvalue weighted by Gasteiger charge is -2.11. The van der Waals surface area contributed by atoms with Crippen LogP contribution < -0.4 is 4.74 Å². The molecule has 1 atom stereocenters. The van der Waals surface area contributed by atoms with Crippen LogP contribution in [0.3, 0.4) is 0 Å². The average Bonchev–Trinajstić information content (AvgIpc) is 2.30. The van der Waals surface area contributed by atoms with Gasteiger partial charge in [0.25, 0.3) is 0 Å². The van der Waals surface area contributed by atoms with E-state index in [1.165, 1.54) is 0 Å². The van der Waals surface area contributed by atoms with Crippen molar-refractivity contribution >= 4 is 11.7 Å². The largest absolute Gasteiger partial charge is 0.497 e. The van der Waals surface area contributed by atoms with Gasteiger partial charge in [0.15, 0.2) is 0 Å². The highest BCUT2D eigenvalue weighted by molar-refractivity contribution is 6.02. The molecule has 0 saturated carbocycles. The fourth-order valence-corrected chi connectivity index (χ4v) is 1.56. The average molecular weight is 237 g/mol. The van der Waals surface area contributed by atoms with Gasteiger partial charge in [-0.2, -0.15) is 0 Å². The molecule has 1 aromatic carbocycles. The van der Waals surface area contributed by atoms with Crippen LogP contribution >= 0.6 is 0 Å². The Hall–Kier alpha value is -2.04. The van der Waals surface area contributed by atoms with Crippen LogP contribution in [0, 0.1) is 5.92 Å². The first-order chi connectivity index (χ1) is 8.08. The van der Waals surface area contributed by atoms with E-state index in [1.807, 2.05) is 0 Å². The lowest BCUT2D eigenvalue weighted by atomic mass is 9.95. The summed E-state index contributed by atoms with van der Waals surface area (Å²) in [5.74, 6) is -0.588. The van der Waals surface area contributed by atoms with Crippen LogP contribution in [0.25, 0.3) is 0 Å². The topological polar surface area (TPSA) is 79.1 Å². The molecule has 0 aliphatic heterocycles. The van der Waals surface area contributed by atoms with Gasteiger partial charge >= 0.3 is 5.97 Å². The van der Waals surface area contributed by atoms with Crippen molar-refractivity contribution in [2.24, 2.45) is 11.1 Å². The zero-order valence-electron chi connectivity index (χ0n) is 9.75. The molecule has 1 rings (SSSR count). The highest BCUT2D eigenvalue weighted by Gasteiger charge is 2.17. The molecule has 0 aliphatic rings. The van der Waals surface area contributed by atoms with Gasteiger partial charge in [-0.1, -0.05) is 12.1 Å². The molecule has 0 radical (unpaired) electrons. The first-order valence-corrected chi connectivity index (χ1v) is 5.16. The predicted octanol–water partition coefficient (Wildman–Crippen LogP) is 1.98. The minimum atomic E-state index is -0.924. The molecule has 5 heteroatoms. The highest BCUT2D eigenvalue weighted by atomic mass is 16.5. The Kier molecular flexibility index (Phi) is 4.51. The molecule has 92 valence electrons. The molecule has 0 fully saturated rings. The summed E-state index contributed by atoms with van der Waals surface area (Å²) >= 11 is 0. The van der Waals surface area contributed by atoms with E-state index in [-0.39, 0.29) is 12.3 Å². The van der Waals surface area contributed by atoms with Crippen molar-refractivity contribution in [1.82, 2.24) is 0 Å². The number of nitrogens with zero attached hydrogens (tertiary/aromatic N) is 1. The van der Waals surface area contributed by atoms with Gasteiger partial charge < -0.3 is 15.1 Å². The van der Waals surface area contributed by atoms with Gasteiger partial charge in [-0.3, -0.25) is 4.79 Å². The predicted molar refractivity (Wildman–Crippen MR) is 62.7 cm³/mol. The molecule has 0 saturated heterocycles. The Labute approximate surface area is 99.3 Å². The Balaban J connectivity index is 2.90. The van der Waals surface area contributed by atoms with Crippen LogP contribution in [0.4, 0.5) is 0 Å². The molecule has 0 aromatic heterocycles. The van der Waals surface area contributed by atoms with E-state index in [9.17, 15) is 4.79 Å². The number of ether oxygens (including phenoxy) is 1. The number of hydrogen-bond acceptors (Lipinski definition) is 4. The molecule has 1 unspecified atom stereocenters. The van der Waals surface area contributed by atoms with E-state index in [0.29, 0.717) is 17.0 Å². The van der Waals surface area contributed by atoms with Crippen LogP contribution in [0.15, 0.2) is 29.4 Å². The number of carbonyl (C=O) groups is 1. The number of aliphatic carboxylic acids is 1. The second-order valence-electron chi connectivity index (χ2n) is 3.71. The van der Waals surface area contributed by atoms with Crippen molar-refractivity contribution in [3.05, 3.63) is 29.8 Å². The lowest BCUT2D eigenvalue weighted by molar-refractivity contribution is -0.137. The van der Waals surface area contributed by atoms with Gasteiger partial charge in [0.2, 0.25) is 0 Å². The summed E-state index contributed by atoms with van der Waals surface area (Å²) in [6.45, 7) is 1.70. The number of carboxylic acids is 1. The first-order valence-electron chi connectivity index (χ1n) is 5.16. The van der Waals surface area contributed by atoms with Crippen molar-refractivity contribution in [3.8, 4) is 5.75 Å². The van der Waals surface area contributed by atoms with E-state index >= 15 is 0 Å². The standard InChI is InChI=1S/C12H15NO4/c1-8(7-11(14)15)12(13-16)9-3-5-10(17-2)6-4-9/h3-6,8,16H,7H2,1-2H3,(H,14,15). The Morgan fingerprint density at radius 3 is 2.41 bits per heavy atom. The summed E-state index contributed by atoms with van der Waals surface area (Å²) in [6, 6.07) is 6.92. The van der Waals surface area contributed by atoms with E-state index < -0.39 is 5.97 Å². The first kappa shape index (κ1) is 13.0. The summed E-state index contributed by atoms with van der Waals surface area (Å²) in [6.07, 6.45) is -0.0780. The molecule has 0 bridgehead atoms. The number of oxime groups is 1. The molecule has 2 N–H and O–H groups in total. The summed E-state index contributed by atoms with van der Waals surface area (Å²) in [4.78, 5) is 10.6. The third-order valence-corrected chi connectivity index (χ3v) is 2.44. The maximum Gasteiger partial charge on any atom is 0.304 e. The molecule has 0 spiro atoms. The van der Waals surface area contributed by atoms with Gasteiger partial charge in [0.05, 0.1) is 19.2 Å². The van der Waals surface area contributed by atoms with E-state index in [2.05, 4.69) is 5.16 Å². The van der Waals surface area contributed by atoms with Gasteiger partial charge in [0.1, 0.15) is 5.75 Å². The summed E-state index contributed by atoms with van der Waals surface area (Å²) in [7, 11) is 1.56. The van der Waals surface area contributed by atoms with Gasteiger partial charge in [-0.25, -0.2) is 0 Å². The third kappa shape index (κ3) is 3.48. The summed E-state index contributed by atoms with van der Waals surface area (Å²) < 4.78 is 5.01. The number of methoxy groups -OCH3 is 1. The maximum absolute atomic E-state index is 10.6. The Morgan fingerprint density at radius 1 is 1.41 bits per heavy atom. The lowest BCUT2D eigenvalue weighted by Crippen LogP contribution is -2.16. The van der Waals surface area contributed by atoms with Crippen LogP contribution in [-0.2, 0) is 4.79 Å². The van der Waals surface area contributed by atoms with E-state index in [0.717, 1.165) is 0 Å². The second-order valence-corrected chi connectivity index (χ2v) is 3.71. The zero-order chi connectivity index (χ0) is 12.8. The fraction of sp³-hybridized carbons (Fsp3) is 0.333. The third-order valence-electron chi connectivity index (χ3n) is 2.44. The van der Waals surface area contributed by atoms with Crippen molar-refractivity contribution in [3.63, 3.8) is 0 Å². The quantitative estimate of drug-likeness (QED) is 0.466. The smallest absolute Gasteiger partial charge is 0.304 e. The molecule has 0 amide bonds. The number of hydrogen-bond donors (Lipinski definition) is 2. The summed E-state index contributed by atoms with van der Waals surface area (Å²) in [5.41, 5.74) is 1.04. The van der Waals surface area contributed by atoms with E-state index in [4.69, 9.17) is 15.1 Å². The molecule has 0 aliphatic carbocycles. The minimum absolute atomic E-state index is 0.0780. The Bertz CT molecular complexity index is 411. The van der Waals surface area contributed by atoms with E-state index in [1.54, 1.807) is 38.3 Å². The SMILES string of the molecule is COc1ccc(C(=NO)C(C)CC(=O)O)cc1. The highest BCUT2D eigenvalue weighted by Crippen LogP contribution is 2.17. The van der Waals surface area contributed by atoms with Crippen LogP contribution in [0.2, 0.25) is 0 Å². The van der Waals surface area contributed by atoms with Gasteiger partial charge in [0, 0.05) is 5.92 Å². The Morgan fingerprint density at radius 2 is 2.00 bits per heavy atom. The molecular weight excluding hydrogens is 222 g/mol. The molecule has 0 heterocycles. The molecule has 1 aromatic rings. The van der Waals surface area contributed by atoms with Gasteiger partial charge in [-0.05, 0) is 29.8 Å². The normalized spacial score (nSPS) is 13.2. The zero-order valence-corrected chi connectivity index (χ0v) is 9.75. The van der Waals surface area contributed by atoms with Crippen molar-refractivity contribution in [1.29, 1.82) is 0 Å². The monoisotopic (exact) mass is 237 g/mol. The maximum atomic E-state index is 10.6. The van der Waals surface area contributed by atoms with Gasteiger partial charge in [-0.15, -0.1) is 0 Å². The molecule has 17 heavy (non-hydrogen) atoms. The van der Waals surface area contributed by atoms with Crippen LogP contribution in [-0.4, -0.2) is 29.1 Å². The van der Waals surface area contributed by atoms with Crippen molar-refractivity contribution in [2.75, 3.05) is 7.11 Å². The minimum Gasteiger partial charge on any atom is -0.497 e. The van der Waals surface area contributed by atoms with Crippen LogP contribution in [0.1, 0.15) is 18.9 Å². The molecular formula is C12H15NO4. The number of carboxylic acid groups (broad SMARTS) is 1. The van der Waals surface area contributed by atoms with Crippen molar-refractivity contribution in [2.45, 2.75) is 13.3 Å². The van der Waals surface area contributed by atoms with Crippen molar-refractivity contribution < 1.29 is 19.8 Å². The summed E-state index contributed by atoms with van der Waals surface area (Å²) in [5, 5.41) is 20.8.